The van der Waals surface area contributed by atoms with Crippen LogP contribution in [0.5, 0.6) is 0 Å². The number of carboxylic acid groups (broad SMARTS) is 1. The van der Waals surface area contributed by atoms with Crippen molar-refractivity contribution in [3.63, 3.8) is 0 Å². The van der Waals surface area contributed by atoms with Crippen molar-refractivity contribution in [3.8, 4) is 0 Å². The number of aliphatic carboxylic acids is 1. The highest BCUT2D eigenvalue weighted by atomic mass is 16.4. The molecular formula is C10H15NO2. The molecule has 0 amide bonds. The number of carbonyl (C=O) groups is 1. The minimum atomic E-state index is -0.983. The standard InChI is InChI=1S/C10H15NO2/c1-4-6-9(11-7-5-2)8(3)10(12)13/h4-5,9,11H,1-3,6-7H2,(H,12,13). The first-order chi connectivity index (χ1) is 6.13. The van der Waals surface area contributed by atoms with Gasteiger partial charge in [-0.2, -0.15) is 0 Å². The van der Waals surface area contributed by atoms with Gasteiger partial charge in [-0.3, -0.25) is 0 Å². The molecule has 72 valence electrons. The summed E-state index contributed by atoms with van der Waals surface area (Å²) in [6.07, 6.45) is 3.89. The Bertz CT molecular complexity index is 221. The van der Waals surface area contributed by atoms with Crippen LogP contribution in [0.4, 0.5) is 0 Å². The van der Waals surface area contributed by atoms with Crippen LogP contribution in [0, 0.1) is 0 Å². The summed E-state index contributed by atoms with van der Waals surface area (Å²) in [5.41, 5.74) is 0.154. The fourth-order valence-corrected chi connectivity index (χ4v) is 0.890. The molecule has 1 unspecified atom stereocenters. The lowest BCUT2D eigenvalue weighted by molar-refractivity contribution is -0.133. The van der Waals surface area contributed by atoms with Crippen LogP contribution >= 0.6 is 0 Å². The van der Waals surface area contributed by atoms with Crippen molar-refractivity contribution in [2.75, 3.05) is 6.54 Å². The second kappa shape index (κ2) is 6.20. The fraction of sp³-hybridized carbons (Fsp3) is 0.300. The summed E-state index contributed by atoms with van der Waals surface area (Å²) in [5.74, 6) is -0.983. The van der Waals surface area contributed by atoms with Crippen LogP contribution in [0.1, 0.15) is 6.42 Å². The minimum Gasteiger partial charge on any atom is -0.478 e. The molecule has 0 fully saturated rings. The first-order valence-corrected chi connectivity index (χ1v) is 4.00. The van der Waals surface area contributed by atoms with Gasteiger partial charge in [0.15, 0.2) is 0 Å². The van der Waals surface area contributed by atoms with E-state index in [4.69, 9.17) is 5.11 Å². The summed E-state index contributed by atoms with van der Waals surface area (Å²) in [7, 11) is 0. The topological polar surface area (TPSA) is 49.3 Å². The maximum atomic E-state index is 10.6. The van der Waals surface area contributed by atoms with Gasteiger partial charge in [-0.05, 0) is 6.42 Å². The molecule has 0 spiro atoms. The highest BCUT2D eigenvalue weighted by molar-refractivity contribution is 5.87. The molecule has 0 aromatic heterocycles. The maximum absolute atomic E-state index is 10.6. The quantitative estimate of drug-likeness (QED) is 0.460. The van der Waals surface area contributed by atoms with Gasteiger partial charge in [0.2, 0.25) is 0 Å². The van der Waals surface area contributed by atoms with Gasteiger partial charge < -0.3 is 10.4 Å². The first kappa shape index (κ1) is 11.6. The SMILES string of the molecule is C=CCNC(CC=C)C(=C)C(=O)O. The molecule has 0 aliphatic carbocycles. The smallest absolute Gasteiger partial charge is 0.332 e. The third-order valence-corrected chi connectivity index (χ3v) is 1.61. The highest BCUT2D eigenvalue weighted by Crippen LogP contribution is 2.04. The third-order valence-electron chi connectivity index (χ3n) is 1.61. The van der Waals surface area contributed by atoms with Crippen molar-refractivity contribution in [1.82, 2.24) is 5.32 Å². The van der Waals surface area contributed by atoms with Crippen LogP contribution in [0.3, 0.4) is 0 Å². The zero-order valence-corrected chi connectivity index (χ0v) is 7.62. The summed E-state index contributed by atoms with van der Waals surface area (Å²) in [5, 5.41) is 11.7. The van der Waals surface area contributed by atoms with Gasteiger partial charge in [0.05, 0.1) is 0 Å². The van der Waals surface area contributed by atoms with Crippen molar-refractivity contribution < 1.29 is 9.90 Å². The lowest BCUT2D eigenvalue weighted by Gasteiger charge is -2.15. The van der Waals surface area contributed by atoms with E-state index in [1.807, 2.05) is 0 Å². The number of nitrogens with one attached hydrogen (secondary N) is 1. The van der Waals surface area contributed by atoms with Crippen LogP contribution in [0.2, 0.25) is 0 Å². The zero-order valence-electron chi connectivity index (χ0n) is 7.62. The van der Waals surface area contributed by atoms with Gasteiger partial charge in [0.25, 0.3) is 0 Å². The second-order valence-electron chi connectivity index (χ2n) is 2.60. The van der Waals surface area contributed by atoms with E-state index in [0.29, 0.717) is 13.0 Å². The van der Waals surface area contributed by atoms with Gasteiger partial charge in [0.1, 0.15) is 0 Å². The number of hydrogen-bond acceptors (Lipinski definition) is 2. The van der Waals surface area contributed by atoms with E-state index < -0.39 is 5.97 Å². The van der Waals surface area contributed by atoms with Gasteiger partial charge in [-0.25, -0.2) is 4.79 Å². The van der Waals surface area contributed by atoms with Crippen molar-refractivity contribution in [3.05, 3.63) is 37.5 Å². The Hall–Kier alpha value is -1.35. The molecular weight excluding hydrogens is 166 g/mol. The molecule has 0 radical (unpaired) electrons. The largest absolute Gasteiger partial charge is 0.478 e. The molecule has 1 atom stereocenters. The molecule has 0 bridgehead atoms. The van der Waals surface area contributed by atoms with Crippen molar-refractivity contribution in [2.45, 2.75) is 12.5 Å². The van der Waals surface area contributed by atoms with E-state index >= 15 is 0 Å². The van der Waals surface area contributed by atoms with Crippen LogP contribution < -0.4 is 5.32 Å². The van der Waals surface area contributed by atoms with E-state index in [2.05, 4.69) is 25.1 Å². The van der Waals surface area contributed by atoms with Gasteiger partial charge in [0, 0.05) is 18.2 Å². The van der Waals surface area contributed by atoms with Crippen LogP contribution in [-0.2, 0) is 4.79 Å². The number of carboxylic acids is 1. The lowest BCUT2D eigenvalue weighted by Crippen LogP contribution is -2.33. The van der Waals surface area contributed by atoms with Crippen LogP contribution in [0.25, 0.3) is 0 Å². The normalized spacial score (nSPS) is 11.7. The molecule has 0 heterocycles. The Morgan fingerprint density at radius 3 is 2.46 bits per heavy atom. The Balaban J connectivity index is 4.21. The molecule has 2 N–H and O–H groups in total. The molecule has 0 aromatic rings. The zero-order chi connectivity index (χ0) is 10.3. The third kappa shape index (κ3) is 4.28. The number of rotatable bonds is 7. The predicted octanol–water partition coefficient (Wildman–Crippen LogP) is 1.35. The molecule has 0 aliphatic heterocycles. The average molecular weight is 181 g/mol. The van der Waals surface area contributed by atoms with Crippen molar-refractivity contribution >= 4 is 5.97 Å². The molecule has 3 nitrogen and oxygen atoms in total. The second-order valence-corrected chi connectivity index (χ2v) is 2.60. The molecule has 3 heteroatoms. The molecule has 0 aromatic carbocycles. The first-order valence-electron chi connectivity index (χ1n) is 4.00. The van der Waals surface area contributed by atoms with Crippen molar-refractivity contribution in [1.29, 1.82) is 0 Å². The Morgan fingerprint density at radius 1 is 1.46 bits per heavy atom. The van der Waals surface area contributed by atoms with E-state index in [-0.39, 0.29) is 11.6 Å². The monoisotopic (exact) mass is 181 g/mol. The van der Waals surface area contributed by atoms with Crippen molar-refractivity contribution in [2.24, 2.45) is 0 Å². The molecule has 0 saturated carbocycles. The Morgan fingerprint density at radius 2 is 2.08 bits per heavy atom. The summed E-state index contributed by atoms with van der Waals surface area (Å²) in [4.78, 5) is 10.6. The average Bonchev–Trinajstić information content (AvgIpc) is 2.11. The maximum Gasteiger partial charge on any atom is 0.332 e. The summed E-state index contributed by atoms with van der Waals surface area (Å²) < 4.78 is 0. The Kier molecular flexibility index (Phi) is 5.55. The number of hydrogen-bond donors (Lipinski definition) is 2. The molecule has 0 rings (SSSR count). The predicted molar refractivity (Wildman–Crippen MR) is 53.6 cm³/mol. The lowest BCUT2D eigenvalue weighted by atomic mass is 10.1. The Labute approximate surface area is 78.5 Å². The van der Waals surface area contributed by atoms with E-state index in [1.54, 1.807) is 12.2 Å². The van der Waals surface area contributed by atoms with E-state index in [0.717, 1.165) is 0 Å². The van der Waals surface area contributed by atoms with Gasteiger partial charge in [-0.1, -0.05) is 18.7 Å². The van der Waals surface area contributed by atoms with Gasteiger partial charge >= 0.3 is 5.97 Å². The molecule has 13 heavy (non-hydrogen) atoms. The summed E-state index contributed by atoms with van der Waals surface area (Å²) in [6.45, 7) is 11.1. The fourth-order valence-electron chi connectivity index (χ4n) is 0.890. The van der Waals surface area contributed by atoms with Gasteiger partial charge in [-0.15, -0.1) is 13.2 Å². The minimum absolute atomic E-state index is 0.154. The van der Waals surface area contributed by atoms with E-state index in [9.17, 15) is 4.79 Å². The molecule has 0 saturated heterocycles. The van der Waals surface area contributed by atoms with Crippen LogP contribution in [-0.4, -0.2) is 23.7 Å². The highest BCUT2D eigenvalue weighted by Gasteiger charge is 2.15. The summed E-state index contributed by atoms with van der Waals surface area (Å²) >= 11 is 0. The van der Waals surface area contributed by atoms with E-state index in [1.165, 1.54) is 0 Å². The van der Waals surface area contributed by atoms with Crippen LogP contribution in [0.15, 0.2) is 37.5 Å². The summed E-state index contributed by atoms with van der Waals surface area (Å²) in [6, 6.07) is -0.256. The molecule has 0 aliphatic rings.